The lowest BCUT2D eigenvalue weighted by molar-refractivity contribution is 0.208. The van der Waals surface area contributed by atoms with E-state index >= 15 is 0 Å². The number of hydrogen-bond donors (Lipinski definition) is 4. The molecule has 3 rings (SSSR count). The molecule has 0 saturated heterocycles. The van der Waals surface area contributed by atoms with Crippen molar-refractivity contribution in [2.24, 2.45) is 0 Å². The molecule has 1 aromatic carbocycles. The highest BCUT2D eigenvalue weighted by Crippen LogP contribution is 2.25. The van der Waals surface area contributed by atoms with Gasteiger partial charge in [-0.1, -0.05) is 0 Å². The summed E-state index contributed by atoms with van der Waals surface area (Å²) in [5.41, 5.74) is 2.15. The Morgan fingerprint density at radius 2 is 1.96 bits per heavy atom. The van der Waals surface area contributed by atoms with Crippen molar-refractivity contribution >= 4 is 45.5 Å². The van der Waals surface area contributed by atoms with Gasteiger partial charge < -0.3 is 25.4 Å². The maximum Gasteiger partial charge on any atom is 0.226 e. The lowest BCUT2D eigenvalue weighted by Crippen LogP contribution is -2.18. The van der Waals surface area contributed by atoms with Gasteiger partial charge in [-0.2, -0.15) is 9.97 Å². The normalized spacial score (nSPS) is 12.5. The third-order valence-corrected chi connectivity index (χ3v) is 4.69. The molecule has 144 valence electrons. The highest BCUT2D eigenvalue weighted by Gasteiger charge is 2.15. The topological polar surface area (TPSA) is 108 Å². The number of aromatic hydroxyl groups is 1. The van der Waals surface area contributed by atoms with Gasteiger partial charge in [0.1, 0.15) is 5.75 Å². The van der Waals surface area contributed by atoms with Crippen molar-refractivity contribution in [1.29, 1.82) is 0 Å². The van der Waals surface area contributed by atoms with Gasteiger partial charge in [-0.05, 0) is 61.6 Å². The van der Waals surface area contributed by atoms with E-state index in [1.807, 2.05) is 16.7 Å². The highest BCUT2D eigenvalue weighted by atomic mass is 127. The van der Waals surface area contributed by atoms with E-state index in [2.05, 4.69) is 62.0 Å². The zero-order chi connectivity index (χ0) is 19.6. The Morgan fingerprint density at radius 1 is 1.19 bits per heavy atom. The summed E-state index contributed by atoms with van der Waals surface area (Å²) >= 11 is 2.21. The number of aromatic nitrogens is 4. The summed E-state index contributed by atoms with van der Waals surface area (Å²) in [6.07, 6.45) is 1.23. The number of aliphatic hydroxyl groups is 1. The van der Waals surface area contributed by atoms with Crippen LogP contribution >= 0.6 is 22.6 Å². The van der Waals surface area contributed by atoms with Crippen LogP contribution in [-0.4, -0.2) is 42.4 Å². The molecular formula is C18H23IN6O2. The van der Waals surface area contributed by atoms with E-state index in [4.69, 9.17) is 0 Å². The minimum Gasteiger partial charge on any atom is -0.508 e. The predicted octanol–water partition coefficient (Wildman–Crippen LogP) is 3.12. The zero-order valence-electron chi connectivity index (χ0n) is 15.4. The van der Waals surface area contributed by atoms with Gasteiger partial charge in [0.25, 0.3) is 0 Å². The van der Waals surface area contributed by atoms with Crippen molar-refractivity contribution in [2.45, 2.75) is 39.5 Å². The fourth-order valence-corrected chi connectivity index (χ4v) is 3.17. The molecule has 2 heterocycles. The molecule has 0 aliphatic carbocycles. The van der Waals surface area contributed by atoms with Crippen LogP contribution in [0.25, 0.3) is 11.2 Å². The number of nitrogens with zero attached hydrogens (tertiary/aromatic N) is 4. The molecule has 0 amide bonds. The first kappa shape index (κ1) is 19.6. The van der Waals surface area contributed by atoms with Crippen molar-refractivity contribution < 1.29 is 10.2 Å². The van der Waals surface area contributed by atoms with Crippen molar-refractivity contribution in [1.82, 2.24) is 19.5 Å². The van der Waals surface area contributed by atoms with Gasteiger partial charge in [0, 0.05) is 28.3 Å². The summed E-state index contributed by atoms with van der Waals surface area (Å²) in [5.74, 6) is 1.22. The van der Waals surface area contributed by atoms with Gasteiger partial charge >= 0.3 is 0 Å². The standard InChI is InChI=1S/C18H23IN6O2/c1-10(2)25-9-22-15-16(20-8-12-6-13(19)4-5-14(12)27)23-18(24-17(15)25)21-7-11(3)26/h4-6,9-11,26-27H,7-8H2,1-3H3,(H2,20,21,23,24). The predicted molar refractivity (Wildman–Crippen MR) is 114 cm³/mol. The first-order chi connectivity index (χ1) is 12.8. The number of rotatable bonds is 7. The van der Waals surface area contributed by atoms with Crippen LogP contribution < -0.4 is 10.6 Å². The van der Waals surface area contributed by atoms with Gasteiger partial charge in [-0.3, -0.25) is 0 Å². The molecule has 9 heteroatoms. The van der Waals surface area contributed by atoms with Crippen molar-refractivity contribution in [3.05, 3.63) is 33.7 Å². The van der Waals surface area contributed by atoms with Crippen molar-refractivity contribution in [3.8, 4) is 5.75 Å². The molecule has 0 aliphatic heterocycles. The van der Waals surface area contributed by atoms with Crippen LogP contribution in [-0.2, 0) is 6.54 Å². The smallest absolute Gasteiger partial charge is 0.226 e. The minimum atomic E-state index is -0.515. The molecule has 0 aliphatic rings. The number of fused-ring (bicyclic) bond motifs is 1. The Bertz CT molecular complexity index is 941. The second-order valence-electron chi connectivity index (χ2n) is 6.67. The molecule has 0 saturated carbocycles. The molecule has 0 bridgehead atoms. The van der Waals surface area contributed by atoms with E-state index in [0.717, 1.165) is 9.13 Å². The zero-order valence-corrected chi connectivity index (χ0v) is 17.6. The number of hydrogen-bond acceptors (Lipinski definition) is 7. The van der Waals surface area contributed by atoms with E-state index in [1.54, 1.807) is 19.3 Å². The molecular weight excluding hydrogens is 459 g/mol. The molecule has 4 N–H and O–H groups in total. The summed E-state index contributed by atoms with van der Waals surface area (Å²) in [4.78, 5) is 13.5. The average Bonchev–Trinajstić information content (AvgIpc) is 3.04. The maximum absolute atomic E-state index is 10.1. The van der Waals surface area contributed by atoms with Gasteiger partial charge in [0.15, 0.2) is 17.0 Å². The number of aliphatic hydroxyl groups excluding tert-OH is 1. The number of nitrogens with one attached hydrogen (secondary N) is 2. The molecule has 1 unspecified atom stereocenters. The number of imidazole rings is 1. The van der Waals surface area contributed by atoms with Gasteiger partial charge in [-0.15, -0.1) is 0 Å². The molecule has 2 aromatic heterocycles. The van der Waals surface area contributed by atoms with Crippen LogP contribution in [0.4, 0.5) is 11.8 Å². The fraction of sp³-hybridized carbons (Fsp3) is 0.389. The molecule has 27 heavy (non-hydrogen) atoms. The fourth-order valence-electron chi connectivity index (χ4n) is 2.61. The maximum atomic E-state index is 10.1. The van der Waals surface area contributed by atoms with Crippen LogP contribution in [0.5, 0.6) is 5.75 Å². The molecule has 0 radical (unpaired) electrons. The number of benzene rings is 1. The van der Waals surface area contributed by atoms with Gasteiger partial charge in [-0.25, -0.2) is 4.98 Å². The number of phenols is 1. The first-order valence-electron chi connectivity index (χ1n) is 8.73. The lowest BCUT2D eigenvalue weighted by atomic mass is 10.2. The lowest BCUT2D eigenvalue weighted by Gasteiger charge is -2.13. The number of phenolic OH excluding ortho intramolecular Hbond substituents is 1. The van der Waals surface area contributed by atoms with E-state index in [9.17, 15) is 10.2 Å². The van der Waals surface area contributed by atoms with Crippen LogP contribution in [0.15, 0.2) is 24.5 Å². The number of anilines is 2. The van der Waals surface area contributed by atoms with Crippen molar-refractivity contribution in [3.63, 3.8) is 0 Å². The molecule has 3 aromatic rings. The SMILES string of the molecule is CC(O)CNc1nc(NCc2cc(I)ccc2O)c2ncn(C(C)C)c2n1. The quantitative estimate of drug-likeness (QED) is 0.384. The second kappa shape index (κ2) is 8.26. The van der Waals surface area contributed by atoms with E-state index in [0.29, 0.717) is 36.0 Å². The van der Waals surface area contributed by atoms with Gasteiger partial charge in [0.05, 0.1) is 12.4 Å². The third-order valence-electron chi connectivity index (χ3n) is 4.02. The van der Waals surface area contributed by atoms with Crippen LogP contribution in [0, 0.1) is 3.57 Å². The molecule has 0 fully saturated rings. The average molecular weight is 482 g/mol. The third kappa shape index (κ3) is 4.59. The van der Waals surface area contributed by atoms with E-state index < -0.39 is 6.10 Å². The molecule has 0 spiro atoms. The Labute approximate surface area is 171 Å². The Balaban J connectivity index is 1.95. The minimum absolute atomic E-state index is 0.196. The Hall–Kier alpha value is -2.14. The first-order valence-corrected chi connectivity index (χ1v) is 9.80. The number of halogens is 1. The van der Waals surface area contributed by atoms with Crippen LogP contribution in [0.2, 0.25) is 0 Å². The largest absolute Gasteiger partial charge is 0.508 e. The molecule has 1 atom stereocenters. The summed E-state index contributed by atoms with van der Waals surface area (Å²) in [5, 5.41) is 25.9. The molecule has 8 nitrogen and oxygen atoms in total. The highest BCUT2D eigenvalue weighted by molar-refractivity contribution is 14.1. The van der Waals surface area contributed by atoms with Crippen LogP contribution in [0.1, 0.15) is 32.4 Å². The second-order valence-corrected chi connectivity index (χ2v) is 7.92. The summed E-state index contributed by atoms with van der Waals surface area (Å²) in [6, 6.07) is 5.64. The summed E-state index contributed by atoms with van der Waals surface area (Å²) in [7, 11) is 0. The summed E-state index contributed by atoms with van der Waals surface area (Å²) in [6.45, 7) is 6.56. The summed E-state index contributed by atoms with van der Waals surface area (Å²) < 4.78 is 3.01. The van der Waals surface area contributed by atoms with Crippen LogP contribution in [0.3, 0.4) is 0 Å². The van der Waals surface area contributed by atoms with E-state index in [1.165, 1.54) is 0 Å². The van der Waals surface area contributed by atoms with E-state index in [-0.39, 0.29) is 11.8 Å². The van der Waals surface area contributed by atoms with Crippen molar-refractivity contribution in [2.75, 3.05) is 17.2 Å². The Kier molecular flexibility index (Phi) is 6.00. The Morgan fingerprint density at radius 3 is 2.67 bits per heavy atom. The monoisotopic (exact) mass is 482 g/mol. The van der Waals surface area contributed by atoms with Gasteiger partial charge in [0.2, 0.25) is 5.95 Å².